The van der Waals surface area contributed by atoms with E-state index >= 15 is 0 Å². The van der Waals surface area contributed by atoms with Crippen molar-refractivity contribution in [2.45, 2.75) is 17.7 Å². The Hall–Kier alpha value is -2.25. The molecule has 0 aliphatic carbocycles. The van der Waals surface area contributed by atoms with E-state index in [0.717, 1.165) is 16.3 Å². The fourth-order valence-electron chi connectivity index (χ4n) is 2.06. The van der Waals surface area contributed by atoms with Crippen molar-refractivity contribution in [1.82, 2.24) is 9.29 Å². The third-order valence-electron chi connectivity index (χ3n) is 3.41. The number of rotatable bonds is 7. The van der Waals surface area contributed by atoms with Crippen LogP contribution in [0.2, 0.25) is 0 Å². The van der Waals surface area contributed by atoms with Gasteiger partial charge in [-0.25, -0.2) is 17.5 Å². The first-order valence-corrected chi connectivity index (χ1v) is 8.94. The molecule has 2 rings (SSSR count). The molecular formula is C17H20N2O4S. The fraction of sp³-hybridized carbons (Fsp3) is 0.294. The van der Waals surface area contributed by atoms with Gasteiger partial charge in [-0.15, -0.1) is 0 Å². The lowest BCUT2D eigenvalue weighted by Crippen LogP contribution is -2.22. The van der Waals surface area contributed by atoms with Gasteiger partial charge < -0.3 is 4.74 Å². The van der Waals surface area contributed by atoms with Crippen molar-refractivity contribution in [1.29, 1.82) is 0 Å². The van der Waals surface area contributed by atoms with Crippen LogP contribution in [0.3, 0.4) is 0 Å². The zero-order valence-corrected chi connectivity index (χ0v) is 14.5. The number of nitrogens with zero attached hydrogens (tertiary/aromatic N) is 2. The molecule has 1 heterocycles. The number of ether oxygens (including phenoxy) is 1. The highest BCUT2D eigenvalue weighted by Crippen LogP contribution is 2.15. The van der Waals surface area contributed by atoms with Crippen molar-refractivity contribution in [2.24, 2.45) is 0 Å². The average molecular weight is 348 g/mol. The summed E-state index contributed by atoms with van der Waals surface area (Å²) in [6.07, 6.45) is 4.92. The van der Waals surface area contributed by atoms with Crippen molar-refractivity contribution in [3.8, 4) is 0 Å². The molecule has 0 radical (unpaired) electrons. The predicted octanol–water partition coefficient (Wildman–Crippen LogP) is 2.12. The Balaban J connectivity index is 1.93. The van der Waals surface area contributed by atoms with E-state index in [1.807, 2.05) is 12.1 Å². The number of hydrogen-bond acceptors (Lipinski definition) is 5. The molecule has 1 aromatic heterocycles. The van der Waals surface area contributed by atoms with E-state index in [1.54, 1.807) is 12.4 Å². The standard InChI is InChI=1S/C17H20N2O4S/c1-19(2)24(21,22)16-9-3-8-15(12-16)17(20)23-11-5-7-14-6-4-10-18-13-14/h3-4,6,8-10,12-13H,5,7,11H2,1-2H3. The smallest absolute Gasteiger partial charge is 0.338 e. The quantitative estimate of drug-likeness (QED) is 0.566. The molecule has 0 aliphatic heterocycles. The molecule has 0 amide bonds. The molecule has 0 spiro atoms. The minimum atomic E-state index is -3.58. The summed E-state index contributed by atoms with van der Waals surface area (Å²) in [4.78, 5) is 16.2. The Morgan fingerprint density at radius 1 is 1.21 bits per heavy atom. The Kier molecular flexibility index (Phi) is 6.05. The number of benzene rings is 1. The summed E-state index contributed by atoms with van der Waals surface area (Å²) in [6, 6.07) is 9.68. The normalized spacial score (nSPS) is 11.5. The maximum atomic E-state index is 12.1. The number of hydrogen-bond donors (Lipinski definition) is 0. The van der Waals surface area contributed by atoms with Gasteiger partial charge in [0.2, 0.25) is 10.0 Å². The van der Waals surface area contributed by atoms with E-state index < -0.39 is 16.0 Å². The highest BCUT2D eigenvalue weighted by Gasteiger charge is 2.19. The maximum absolute atomic E-state index is 12.1. The average Bonchev–Trinajstić information content (AvgIpc) is 2.59. The SMILES string of the molecule is CN(C)S(=O)(=O)c1cccc(C(=O)OCCCc2cccnc2)c1. The number of carbonyl (C=O) groups excluding carboxylic acids is 1. The van der Waals surface area contributed by atoms with Crippen molar-refractivity contribution in [3.05, 3.63) is 59.9 Å². The molecule has 0 aliphatic rings. The maximum Gasteiger partial charge on any atom is 0.338 e. The summed E-state index contributed by atoms with van der Waals surface area (Å²) in [5.74, 6) is -0.531. The molecule has 6 nitrogen and oxygen atoms in total. The van der Waals surface area contributed by atoms with Crippen molar-refractivity contribution >= 4 is 16.0 Å². The summed E-state index contributed by atoms with van der Waals surface area (Å²) < 4.78 is 30.5. The van der Waals surface area contributed by atoms with Crippen LogP contribution in [0.15, 0.2) is 53.7 Å². The molecule has 0 unspecified atom stereocenters. The van der Waals surface area contributed by atoms with Crippen molar-refractivity contribution < 1.29 is 17.9 Å². The molecule has 0 saturated heterocycles. The van der Waals surface area contributed by atoms with Crippen molar-refractivity contribution in [2.75, 3.05) is 20.7 Å². The third kappa shape index (κ3) is 4.62. The van der Waals surface area contributed by atoms with Gasteiger partial charge in [0, 0.05) is 26.5 Å². The van der Waals surface area contributed by atoms with Crippen LogP contribution in [-0.4, -0.2) is 44.4 Å². The topological polar surface area (TPSA) is 76.6 Å². The summed E-state index contributed by atoms with van der Waals surface area (Å²) in [7, 11) is -0.689. The van der Waals surface area contributed by atoms with Gasteiger partial charge in [-0.2, -0.15) is 0 Å². The molecule has 0 bridgehead atoms. The number of esters is 1. The highest BCUT2D eigenvalue weighted by molar-refractivity contribution is 7.89. The van der Waals surface area contributed by atoms with Gasteiger partial charge in [0.15, 0.2) is 0 Å². The van der Waals surface area contributed by atoms with E-state index in [0.29, 0.717) is 6.42 Å². The fourth-order valence-corrected chi connectivity index (χ4v) is 3.01. The molecule has 0 N–H and O–H groups in total. The van der Waals surface area contributed by atoms with E-state index in [2.05, 4.69) is 4.98 Å². The van der Waals surface area contributed by atoms with Crippen LogP contribution in [0.5, 0.6) is 0 Å². The summed E-state index contributed by atoms with van der Waals surface area (Å²) in [5.41, 5.74) is 1.30. The van der Waals surface area contributed by atoms with E-state index in [4.69, 9.17) is 4.74 Å². The van der Waals surface area contributed by atoms with Crippen LogP contribution >= 0.6 is 0 Å². The third-order valence-corrected chi connectivity index (χ3v) is 5.23. The zero-order valence-electron chi connectivity index (χ0n) is 13.7. The first kappa shape index (κ1) is 18.1. The molecule has 0 fully saturated rings. The number of aromatic nitrogens is 1. The van der Waals surface area contributed by atoms with Gasteiger partial charge in [-0.1, -0.05) is 12.1 Å². The van der Waals surface area contributed by atoms with E-state index in [9.17, 15) is 13.2 Å². The van der Waals surface area contributed by atoms with Gasteiger partial charge in [0.1, 0.15) is 0 Å². The minimum absolute atomic E-state index is 0.0670. The molecule has 1 aromatic carbocycles. The van der Waals surface area contributed by atoms with Gasteiger partial charge in [0.05, 0.1) is 17.1 Å². The molecule has 2 aromatic rings. The van der Waals surface area contributed by atoms with Crippen molar-refractivity contribution in [3.63, 3.8) is 0 Å². The molecule has 0 atom stereocenters. The molecular weight excluding hydrogens is 328 g/mol. The largest absolute Gasteiger partial charge is 0.462 e. The molecule has 24 heavy (non-hydrogen) atoms. The number of pyridine rings is 1. The van der Waals surface area contributed by atoms with Crippen LogP contribution in [0.1, 0.15) is 22.3 Å². The minimum Gasteiger partial charge on any atom is -0.462 e. The first-order valence-electron chi connectivity index (χ1n) is 7.50. The first-order chi connectivity index (χ1) is 11.4. The highest BCUT2D eigenvalue weighted by atomic mass is 32.2. The second-order valence-corrected chi connectivity index (χ2v) is 7.57. The Bertz CT molecular complexity index is 789. The lowest BCUT2D eigenvalue weighted by Gasteiger charge is -2.12. The molecule has 128 valence electrons. The van der Waals surface area contributed by atoms with E-state index in [-0.39, 0.29) is 17.1 Å². The second kappa shape index (κ2) is 8.03. The number of sulfonamides is 1. The van der Waals surface area contributed by atoms with Gasteiger partial charge in [-0.3, -0.25) is 4.98 Å². The Labute approximate surface area is 142 Å². The van der Waals surface area contributed by atoms with Crippen LogP contribution in [0.4, 0.5) is 0 Å². The van der Waals surface area contributed by atoms with Crippen LogP contribution in [-0.2, 0) is 21.2 Å². The summed E-state index contributed by atoms with van der Waals surface area (Å²) in [6.45, 7) is 0.262. The van der Waals surface area contributed by atoms with Crippen LogP contribution in [0.25, 0.3) is 0 Å². The van der Waals surface area contributed by atoms with Gasteiger partial charge in [-0.05, 0) is 42.7 Å². The monoisotopic (exact) mass is 348 g/mol. The van der Waals surface area contributed by atoms with Crippen LogP contribution in [0, 0.1) is 0 Å². The molecule has 0 saturated carbocycles. The zero-order chi connectivity index (χ0) is 17.6. The predicted molar refractivity (Wildman–Crippen MR) is 90.2 cm³/mol. The second-order valence-electron chi connectivity index (χ2n) is 5.42. The number of carbonyl (C=O) groups is 1. The van der Waals surface area contributed by atoms with Crippen LogP contribution < -0.4 is 0 Å². The Morgan fingerprint density at radius 3 is 2.67 bits per heavy atom. The molecule has 7 heteroatoms. The van der Waals surface area contributed by atoms with Gasteiger partial charge in [0.25, 0.3) is 0 Å². The lowest BCUT2D eigenvalue weighted by molar-refractivity contribution is 0.0500. The summed E-state index contributed by atoms with van der Waals surface area (Å²) in [5, 5.41) is 0. The lowest BCUT2D eigenvalue weighted by atomic mass is 10.2. The van der Waals surface area contributed by atoms with Gasteiger partial charge >= 0.3 is 5.97 Å². The summed E-state index contributed by atoms with van der Waals surface area (Å²) >= 11 is 0. The number of aryl methyl sites for hydroxylation is 1. The van der Waals surface area contributed by atoms with E-state index in [1.165, 1.54) is 38.4 Å². The Morgan fingerprint density at radius 2 is 2.00 bits per heavy atom.